The second kappa shape index (κ2) is 9.67. The number of amides is 1. The number of hydrogen-bond donors (Lipinski definition) is 1. The van der Waals surface area contributed by atoms with Crippen LogP contribution in [0.25, 0.3) is 11.5 Å². The molecule has 1 saturated heterocycles. The van der Waals surface area contributed by atoms with Gasteiger partial charge in [-0.25, -0.2) is 4.98 Å². The normalized spacial score (nSPS) is 18.0. The number of aryl methyl sites for hydroxylation is 1. The summed E-state index contributed by atoms with van der Waals surface area (Å²) >= 11 is 5.98. The molecule has 0 bridgehead atoms. The lowest BCUT2D eigenvalue weighted by atomic mass is 9.96. The Bertz CT molecular complexity index is 1020. The quantitative estimate of drug-likeness (QED) is 0.561. The third kappa shape index (κ3) is 5.35. The van der Waals surface area contributed by atoms with Gasteiger partial charge in [0.2, 0.25) is 11.8 Å². The standard InChI is InChI=1S/C25H28ClN3O2/c1-17(19-7-4-3-5-8-19)27-24(30)21-9-6-14-29(15-21)16-23-18(2)31-25(28-23)20-10-12-22(26)13-11-20/h3-5,7-8,10-13,17,21H,6,9,14-16H2,1-2H3,(H,27,30). The van der Waals surface area contributed by atoms with Gasteiger partial charge in [-0.2, -0.15) is 0 Å². The second-order valence-electron chi connectivity index (χ2n) is 8.24. The van der Waals surface area contributed by atoms with Gasteiger partial charge in [-0.3, -0.25) is 9.69 Å². The number of nitrogens with one attached hydrogen (secondary N) is 1. The molecule has 1 N–H and O–H groups in total. The number of carbonyl (C=O) groups excluding carboxylic acids is 1. The summed E-state index contributed by atoms with van der Waals surface area (Å²) in [5.41, 5.74) is 2.95. The second-order valence-corrected chi connectivity index (χ2v) is 8.68. The Morgan fingerprint density at radius 1 is 1.23 bits per heavy atom. The van der Waals surface area contributed by atoms with Gasteiger partial charge < -0.3 is 9.73 Å². The highest BCUT2D eigenvalue weighted by molar-refractivity contribution is 6.30. The molecular formula is C25H28ClN3O2. The third-order valence-corrected chi connectivity index (χ3v) is 6.14. The predicted molar refractivity (Wildman–Crippen MR) is 123 cm³/mol. The average Bonchev–Trinajstić information content (AvgIpc) is 3.15. The fourth-order valence-corrected chi connectivity index (χ4v) is 4.20. The largest absolute Gasteiger partial charge is 0.441 e. The molecule has 3 aromatic rings. The predicted octanol–water partition coefficient (Wildman–Crippen LogP) is 5.39. The minimum absolute atomic E-state index is 0.00351. The first-order chi connectivity index (χ1) is 15.0. The average molecular weight is 438 g/mol. The first-order valence-corrected chi connectivity index (χ1v) is 11.2. The van der Waals surface area contributed by atoms with Gasteiger partial charge in [0, 0.05) is 23.7 Å². The van der Waals surface area contributed by atoms with Crippen LogP contribution in [0.2, 0.25) is 5.02 Å². The van der Waals surface area contributed by atoms with Crippen LogP contribution in [-0.4, -0.2) is 28.9 Å². The summed E-state index contributed by atoms with van der Waals surface area (Å²) in [6.07, 6.45) is 1.91. The van der Waals surface area contributed by atoms with E-state index in [0.29, 0.717) is 17.5 Å². The summed E-state index contributed by atoms with van der Waals surface area (Å²) in [6.45, 7) is 6.35. The van der Waals surface area contributed by atoms with Crippen molar-refractivity contribution in [3.8, 4) is 11.5 Å². The molecule has 1 aliphatic heterocycles. The molecule has 0 radical (unpaired) electrons. The zero-order chi connectivity index (χ0) is 21.8. The Hall–Kier alpha value is -2.63. The van der Waals surface area contributed by atoms with Crippen molar-refractivity contribution in [1.82, 2.24) is 15.2 Å². The van der Waals surface area contributed by atoms with Crippen molar-refractivity contribution in [1.29, 1.82) is 0 Å². The summed E-state index contributed by atoms with van der Waals surface area (Å²) in [7, 11) is 0. The van der Waals surface area contributed by atoms with Crippen LogP contribution < -0.4 is 5.32 Å². The van der Waals surface area contributed by atoms with Crippen LogP contribution in [0.1, 0.15) is 42.8 Å². The number of oxazole rings is 1. The zero-order valence-electron chi connectivity index (χ0n) is 18.0. The van der Waals surface area contributed by atoms with Crippen LogP contribution in [0.3, 0.4) is 0 Å². The fraction of sp³-hybridized carbons (Fsp3) is 0.360. The molecule has 2 unspecified atom stereocenters. The van der Waals surface area contributed by atoms with Crippen LogP contribution in [0, 0.1) is 12.8 Å². The molecule has 4 rings (SSSR count). The van der Waals surface area contributed by atoms with Crippen LogP contribution in [-0.2, 0) is 11.3 Å². The maximum atomic E-state index is 12.9. The van der Waals surface area contributed by atoms with Gasteiger partial charge in [-0.15, -0.1) is 0 Å². The molecular weight excluding hydrogens is 410 g/mol. The fourth-order valence-electron chi connectivity index (χ4n) is 4.07. The summed E-state index contributed by atoms with van der Waals surface area (Å²) in [4.78, 5) is 19.9. The molecule has 0 aliphatic carbocycles. The van der Waals surface area contributed by atoms with Crippen molar-refractivity contribution >= 4 is 17.5 Å². The van der Waals surface area contributed by atoms with E-state index in [1.54, 1.807) is 0 Å². The number of nitrogens with zero attached hydrogens (tertiary/aromatic N) is 2. The Labute approximate surface area is 188 Å². The van der Waals surface area contributed by atoms with E-state index in [9.17, 15) is 4.79 Å². The molecule has 162 valence electrons. The molecule has 6 heteroatoms. The minimum atomic E-state index is -0.0112. The summed E-state index contributed by atoms with van der Waals surface area (Å²) in [5, 5.41) is 3.87. The third-order valence-electron chi connectivity index (χ3n) is 5.89. The number of carbonyl (C=O) groups is 1. The summed E-state index contributed by atoms with van der Waals surface area (Å²) < 4.78 is 5.90. The van der Waals surface area contributed by atoms with Gasteiger partial charge in [0.1, 0.15) is 5.76 Å². The number of rotatable bonds is 6. The van der Waals surface area contributed by atoms with Crippen LogP contribution in [0.5, 0.6) is 0 Å². The van der Waals surface area contributed by atoms with Crippen LogP contribution >= 0.6 is 11.6 Å². The Morgan fingerprint density at radius 2 is 1.97 bits per heavy atom. The first-order valence-electron chi connectivity index (χ1n) is 10.8. The highest BCUT2D eigenvalue weighted by atomic mass is 35.5. The van der Waals surface area contributed by atoms with Gasteiger partial charge >= 0.3 is 0 Å². The van der Waals surface area contributed by atoms with Crippen molar-refractivity contribution in [2.75, 3.05) is 13.1 Å². The van der Waals surface area contributed by atoms with E-state index in [2.05, 4.69) is 10.2 Å². The molecule has 31 heavy (non-hydrogen) atoms. The lowest BCUT2D eigenvalue weighted by Crippen LogP contribution is -2.43. The Morgan fingerprint density at radius 3 is 2.71 bits per heavy atom. The molecule has 1 fully saturated rings. The van der Waals surface area contributed by atoms with E-state index in [1.165, 1.54) is 0 Å². The Balaban J connectivity index is 1.38. The highest BCUT2D eigenvalue weighted by Gasteiger charge is 2.28. The van der Waals surface area contributed by atoms with E-state index in [4.69, 9.17) is 21.0 Å². The van der Waals surface area contributed by atoms with Crippen molar-refractivity contribution in [2.24, 2.45) is 5.92 Å². The molecule has 5 nitrogen and oxygen atoms in total. The number of benzene rings is 2. The first kappa shape index (κ1) is 21.6. The van der Waals surface area contributed by atoms with E-state index in [-0.39, 0.29) is 17.9 Å². The molecule has 1 amide bonds. The molecule has 0 saturated carbocycles. The van der Waals surface area contributed by atoms with Crippen molar-refractivity contribution < 1.29 is 9.21 Å². The SMILES string of the molecule is Cc1oc(-c2ccc(Cl)cc2)nc1CN1CCCC(C(=O)NC(C)c2ccccc2)C1. The van der Waals surface area contributed by atoms with Gasteiger partial charge in [-0.1, -0.05) is 41.9 Å². The smallest absolute Gasteiger partial charge is 0.226 e. The van der Waals surface area contributed by atoms with E-state index >= 15 is 0 Å². The number of hydrogen-bond acceptors (Lipinski definition) is 4. The van der Waals surface area contributed by atoms with Crippen molar-refractivity contribution in [3.63, 3.8) is 0 Å². The van der Waals surface area contributed by atoms with E-state index < -0.39 is 0 Å². The highest BCUT2D eigenvalue weighted by Crippen LogP contribution is 2.26. The van der Waals surface area contributed by atoms with Crippen molar-refractivity contribution in [3.05, 3.63) is 76.6 Å². The monoisotopic (exact) mass is 437 g/mol. The number of likely N-dealkylation sites (tertiary alicyclic amines) is 1. The van der Waals surface area contributed by atoms with Gasteiger partial charge in [0.25, 0.3) is 0 Å². The van der Waals surface area contributed by atoms with Gasteiger partial charge in [0.15, 0.2) is 0 Å². The zero-order valence-corrected chi connectivity index (χ0v) is 18.7. The summed E-state index contributed by atoms with van der Waals surface area (Å²) in [6, 6.07) is 17.6. The molecule has 1 aliphatic rings. The molecule has 0 spiro atoms. The van der Waals surface area contributed by atoms with Gasteiger partial charge in [0.05, 0.1) is 17.7 Å². The lowest BCUT2D eigenvalue weighted by molar-refractivity contribution is -0.127. The number of piperidine rings is 1. The summed E-state index contributed by atoms with van der Waals surface area (Å²) in [5.74, 6) is 1.53. The number of halogens is 1. The van der Waals surface area contributed by atoms with Crippen molar-refractivity contribution in [2.45, 2.75) is 39.3 Å². The van der Waals surface area contributed by atoms with E-state index in [0.717, 1.165) is 48.5 Å². The molecule has 2 heterocycles. The minimum Gasteiger partial charge on any atom is -0.441 e. The molecule has 1 aromatic heterocycles. The van der Waals surface area contributed by atoms with Crippen LogP contribution in [0.4, 0.5) is 0 Å². The van der Waals surface area contributed by atoms with E-state index in [1.807, 2.05) is 68.4 Å². The topological polar surface area (TPSA) is 58.4 Å². The molecule has 2 aromatic carbocycles. The van der Waals surface area contributed by atoms with Crippen LogP contribution in [0.15, 0.2) is 59.0 Å². The molecule has 2 atom stereocenters. The Kier molecular flexibility index (Phi) is 6.73. The maximum Gasteiger partial charge on any atom is 0.226 e. The maximum absolute atomic E-state index is 12.9. The lowest BCUT2D eigenvalue weighted by Gasteiger charge is -2.32. The number of aromatic nitrogens is 1. The van der Waals surface area contributed by atoms with Gasteiger partial charge in [-0.05, 0) is 63.1 Å².